The fourth-order valence-corrected chi connectivity index (χ4v) is 3.72. The van der Waals surface area contributed by atoms with Gasteiger partial charge in [0.15, 0.2) is 0 Å². The fraction of sp³-hybridized carbons (Fsp3) is 0.188. The Balaban J connectivity index is 1.85. The first-order valence-corrected chi connectivity index (χ1v) is 7.93. The molecule has 1 aliphatic heterocycles. The van der Waals surface area contributed by atoms with Crippen LogP contribution in [-0.2, 0) is 4.79 Å². The lowest BCUT2D eigenvalue weighted by atomic mass is 10.0. The van der Waals surface area contributed by atoms with E-state index in [9.17, 15) is 14.9 Å². The van der Waals surface area contributed by atoms with Crippen molar-refractivity contribution in [3.8, 4) is 5.75 Å². The molecule has 7 heteroatoms. The zero-order valence-electron chi connectivity index (χ0n) is 12.3. The van der Waals surface area contributed by atoms with Gasteiger partial charge in [-0.1, -0.05) is 18.2 Å². The Morgan fingerprint density at radius 2 is 2.13 bits per heavy atom. The van der Waals surface area contributed by atoms with Crippen LogP contribution in [0.3, 0.4) is 0 Å². The number of fused-ring (bicyclic) bond motifs is 1. The number of carbonyl (C=O) groups is 1. The summed E-state index contributed by atoms with van der Waals surface area (Å²) in [6.45, 7) is 0. The van der Waals surface area contributed by atoms with Gasteiger partial charge in [0.2, 0.25) is 5.91 Å². The molecule has 0 saturated carbocycles. The summed E-state index contributed by atoms with van der Waals surface area (Å²) >= 11 is 1.62. The number of hydrogen-bond donors (Lipinski definition) is 1. The number of amides is 1. The van der Waals surface area contributed by atoms with Crippen LogP contribution in [0.1, 0.15) is 11.5 Å². The van der Waals surface area contributed by atoms with E-state index in [2.05, 4.69) is 5.32 Å². The van der Waals surface area contributed by atoms with Crippen molar-refractivity contribution in [2.45, 2.75) is 10.8 Å². The molecule has 0 fully saturated rings. The second kappa shape index (κ2) is 6.29. The van der Waals surface area contributed by atoms with Gasteiger partial charge in [0.05, 0.1) is 24.0 Å². The Kier molecular flexibility index (Phi) is 4.20. The van der Waals surface area contributed by atoms with Gasteiger partial charge in [-0.2, -0.15) is 0 Å². The van der Waals surface area contributed by atoms with Gasteiger partial charge in [-0.15, -0.1) is 11.8 Å². The highest BCUT2D eigenvalue weighted by atomic mass is 32.2. The molecule has 0 bridgehead atoms. The smallest absolute Gasteiger partial charge is 0.296 e. The molecule has 3 rings (SSSR count). The number of carbonyl (C=O) groups excluding carboxylic acids is 1. The lowest BCUT2D eigenvalue weighted by molar-refractivity contribution is -0.384. The highest BCUT2D eigenvalue weighted by Crippen LogP contribution is 2.40. The van der Waals surface area contributed by atoms with E-state index in [4.69, 9.17) is 4.74 Å². The van der Waals surface area contributed by atoms with E-state index >= 15 is 0 Å². The van der Waals surface area contributed by atoms with Gasteiger partial charge in [-0.05, 0) is 23.8 Å². The minimum Gasteiger partial charge on any atom is -0.496 e. The number of methoxy groups -OCH3 is 1. The predicted octanol–water partition coefficient (Wildman–Crippen LogP) is 3.43. The number of rotatable bonds is 4. The van der Waals surface area contributed by atoms with Crippen LogP contribution in [0.4, 0.5) is 11.4 Å². The molecule has 0 spiro atoms. The van der Waals surface area contributed by atoms with E-state index in [0.717, 1.165) is 10.5 Å². The molecule has 0 saturated heterocycles. The van der Waals surface area contributed by atoms with Crippen LogP contribution < -0.4 is 10.1 Å². The second-order valence-corrected chi connectivity index (χ2v) is 6.09. The van der Waals surface area contributed by atoms with E-state index in [0.29, 0.717) is 11.5 Å². The van der Waals surface area contributed by atoms with Crippen LogP contribution in [-0.4, -0.2) is 23.7 Å². The van der Waals surface area contributed by atoms with E-state index in [1.54, 1.807) is 17.8 Å². The van der Waals surface area contributed by atoms with Gasteiger partial charge in [0.25, 0.3) is 5.69 Å². The lowest BCUT2D eigenvalue weighted by Gasteiger charge is -2.12. The van der Waals surface area contributed by atoms with Gasteiger partial charge in [0.1, 0.15) is 11.4 Å². The minimum absolute atomic E-state index is 0.176. The van der Waals surface area contributed by atoms with Gasteiger partial charge in [-0.25, -0.2) is 0 Å². The monoisotopic (exact) mass is 330 g/mol. The average Bonchev–Trinajstić information content (AvgIpc) is 2.99. The number of nitro groups is 1. The first-order valence-electron chi connectivity index (χ1n) is 6.95. The van der Waals surface area contributed by atoms with Crippen molar-refractivity contribution in [2.75, 3.05) is 18.2 Å². The summed E-state index contributed by atoms with van der Waals surface area (Å²) in [5.74, 6) is 0.458. The summed E-state index contributed by atoms with van der Waals surface area (Å²) in [6, 6.07) is 12.1. The van der Waals surface area contributed by atoms with Crippen LogP contribution in [0.25, 0.3) is 0 Å². The molecule has 1 N–H and O–H groups in total. The zero-order chi connectivity index (χ0) is 16.4. The molecular weight excluding hydrogens is 316 g/mol. The quantitative estimate of drug-likeness (QED) is 0.686. The third-order valence-electron chi connectivity index (χ3n) is 3.68. The number of nitrogens with one attached hydrogen (secondary N) is 1. The van der Waals surface area contributed by atoms with Crippen LogP contribution in [0.2, 0.25) is 0 Å². The van der Waals surface area contributed by atoms with Gasteiger partial charge < -0.3 is 10.1 Å². The summed E-state index contributed by atoms with van der Waals surface area (Å²) in [4.78, 5) is 24.3. The van der Waals surface area contributed by atoms with Crippen LogP contribution in [0, 0.1) is 10.1 Å². The number of nitro benzene ring substituents is 1. The molecule has 1 amide bonds. The van der Waals surface area contributed by atoms with Crippen molar-refractivity contribution >= 4 is 29.0 Å². The molecule has 0 radical (unpaired) electrons. The standard InChI is InChI=1S/C16H14N2O4S/c1-22-10-6-7-13(14(8-10)18(20)21)17-16(19)12-9-23-15-5-3-2-4-11(12)15/h2-8,12H,9H2,1H3,(H,17,19). The molecule has 6 nitrogen and oxygen atoms in total. The maximum atomic E-state index is 12.5. The molecule has 2 aromatic rings. The largest absolute Gasteiger partial charge is 0.496 e. The van der Waals surface area contributed by atoms with Crippen molar-refractivity contribution in [3.63, 3.8) is 0 Å². The van der Waals surface area contributed by atoms with Crippen LogP contribution >= 0.6 is 11.8 Å². The first kappa shape index (κ1) is 15.4. The van der Waals surface area contributed by atoms with Crippen LogP contribution in [0.15, 0.2) is 47.4 Å². The number of benzene rings is 2. The zero-order valence-corrected chi connectivity index (χ0v) is 13.1. The maximum absolute atomic E-state index is 12.5. The summed E-state index contributed by atoms with van der Waals surface area (Å²) < 4.78 is 4.99. The Bertz CT molecular complexity index is 778. The molecule has 118 valence electrons. The summed E-state index contributed by atoms with van der Waals surface area (Å²) in [5, 5.41) is 13.9. The first-order chi connectivity index (χ1) is 11.1. The van der Waals surface area contributed by atoms with Crippen molar-refractivity contribution in [2.24, 2.45) is 0 Å². The van der Waals surface area contributed by atoms with Crippen molar-refractivity contribution < 1.29 is 14.5 Å². The highest BCUT2D eigenvalue weighted by molar-refractivity contribution is 7.99. The second-order valence-electron chi connectivity index (χ2n) is 5.03. The fourth-order valence-electron chi connectivity index (χ4n) is 2.49. The molecule has 1 unspecified atom stereocenters. The Hall–Kier alpha value is -2.54. The Morgan fingerprint density at radius 3 is 2.87 bits per heavy atom. The van der Waals surface area contributed by atoms with E-state index in [1.165, 1.54) is 19.2 Å². The maximum Gasteiger partial charge on any atom is 0.296 e. The molecule has 2 aromatic carbocycles. The molecular formula is C16H14N2O4S. The van der Waals surface area contributed by atoms with Crippen molar-refractivity contribution in [1.29, 1.82) is 0 Å². The number of ether oxygens (including phenoxy) is 1. The molecule has 1 heterocycles. The molecule has 23 heavy (non-hydrogen) atoms. The topological polar surface area (TPSA) is 81.5 Å². The number of anilines is 1. The average molecular weight is 330 g/mol. The van der Waals surface area contributed by atoms with Crippen LogP contribution in [0.5, 0.6) is 5.75 Å². The lowest BCUT2D eigenvalue weighted by Crippen LogP contribution is -2.21. The summed E-state index contributed by atoms with van der Waals surface area (Å²) in [6.07, 6.45) is 0. The molecule has 1 atom stereocenters. The Morgan fingerprint density at radius 1 is 1.35 bits per heavy atom. The summed E-state index contributed by atoms with van der Waals surface area (Å²) in [7, 11) is 1.43. The van der Waals surface area contributed by atoms with Gasteiger partial charge in [0, 0.05) is 10.6 Å². The van der Waals surface area contributed by atoms with E-state index < -0.39 is 4.92 Å². The molecule has 1 aliphatic rings. The van der Waals surface area contributed by atoms with Gasteiger partial charge >= 0.3 is 0 Å². The molecule has 0 aliphatic carbocycles. The van der Waals surface area contributed by atoms with Crippen molar-refractivity contribution in [3.05, 3.63) is 58.1 Å². The predicted molar refractivity (Wildman–Crippen MR) is 88.2 cm³/mol. The normalized spacial score (nSPS) is 15.8. The minimum atomic E-state index is -0.532. The number of thioether (sulfide) groups is 1. The summed E-state index contributed by atoms with van der Waals surface area (Å²) in [5.41, 5.74) is 0.956. The Labute approximate surface area is 137 Å². The number of nitrogens with zero attached hydrogens (tertiary/aromatic N) is 1. The van der Waals surface area contributed by atoms with E-state index in [1.807, 2.05) is 24.3 Å². The molecule has 0 aromatic heterocycles. The number of hydrogen-bond acceptors (Lipinski definition) is 5. The third-order valence-corrected chi connectivity index (χ3v) is 4.86. The SMILES string of the molecule is COc1ccc(NC(=O)C2CSc3ccccc32)c([N+](=O)[O-])c1. The van der Waals surface area contributed by atoms with Gasteiger partial charge in [-0.3, -0.25) is 14.9 Å². The third kappa shape index (κ3) is 3.00. The van der Waals surface area contributed by atoms with Crippen molar-refractivity contribution in [1.82, 2.24) is 0 Å². The van der Waals surface area contributed by atoms with E-state index in [-0.39, 0.29) is 23.2 Å². The highest BCUT2D eigenvalue weighted by Gasteiger charge is 2.30.